The summed E-state index contributed by atoms with van der Waals surface area (Å²) >= 11 is 1.63. The highest BCUT2D eigenvalue weighted by atomic mass is 32.1. The van der Waals surface area contributed by atoms with Gasteiger partial charge in [-0.15, -0.1) is 11.3 Å². The van der Waals surface area contributed by atoms with E-state index in [0.29, 0.717) is 31.0 Å². The van der Waals surface area contributed by atoms with Crippen molar-refractivity contribution in [3.05, 3.63) is 50.4 Å². The van der Waals surface area contributed by atoms with Crippen molar-refractivity contribution in [3.8, 4) is 11.5 Å². The first kappa shape index (κ1) is 19.1. The van der Waals surface area contributed by atoms with E-state index >= 15 is 0 Å². The Labute approximate surface area is 177 Å². The van der Waals surface area contributed by atoms with Crippen LogP contribution in [0.3, 0.4) is 0 Å². The zero-order chi connectivity index (χ0) is 20.7. The quantitative estimate of drug-likeness (QED) is 0.679. The normalized spacial score (nSPS) is 14.7. The average molecular weight is 426 g/mol. The van der Waals surface area contributed by atoms with Gasteiger partial charge >= 0.3 is 0 Å². The first-order valence-corrected chi connectivity index (χ1v) is 11.1. The number of aromatic amines is 1. The van der Waals surface area contributed by atoms with Crippen LogP contribution in [-0.2, 0) is 30.6 Å². The fourth-order valence-electron chi connectivity index (χ4n) is 4.14. The van der Waals surface area contributed by atoms with Gasteiger partial charge in [0.2, 0.25) is 12.7 Å². The van der Waals surface area contributed by atoms with E-state index in [1.807, 2.05) is 18.2 Å². The summed E-state index contributed by atoms with van der Waals surface area (Å²) in [6.07, 6.45) is 5.01. The summed E-state index contributed by atoms with van der Waals surface area (Å²) in [5.74, 6) is 2.02. The van der Waals surface area contributed by atoms with Crippen molar-refractivity contribution >= 4 is 27.5 Å². The Hall–Kier alpha value is -2.87. The number of carbonyl (C=O) groups is 1. The highest BCUT2D eigenvalue weighted by Gasteiger charge is 2.20. The Kier molecular flexibility index (Phi) is 4.94. The lowest BCUT2D eigenvalue weighted by Gasteiger charge is -2.17. The topological polar surface area (TPSA) is 84.5 Å². The Morgan fingerprint density at radius 2 is 2.07 bits per heavy atom. The van der Waals surface area contributed by atoms with Crippen LogP contribution < -0.4 is 15.0 Å². The molecule has 0 unspecified atom stereocenters. The van der Waals surface area contributed by atoms with E-state index in [1.54, 1.807) is 23.3 Å². The van der Waals surface area contributed by atoms with E-state index in [9.17, 15) is 9.59 Å². The number of benzene rings is 1. The van der Waals surface area contributed by atoms with Gasteiger partial charge in [-0.3, -0.25) is 9.59 Å². The zero-order valence-corrected chi connectivity index (χ0v) is 17.6. The van der Waals surface area contributed by atoms with Crippen LogP contribution in [0.25, 0.3) is 10.2 Å². The van der Waals surface area contributed by atoms with E-state index in [0.717, 1.165) is 40.8 Å². The third-order valence-electron chi connectivity index (χ3n) is 5.73. The number of hydrogen-bond acceptors (Lipinski definition) is 6. The number of aromatic nitrogens is 2. The van der Waals surface area contributed by atoms with Crippen LogP contribution in [0.4, 0.5) is 0 Å². The molecule has 0 radical (unpaired) electrons. The van der Waals surface area contributed by atoms with E-state index in [2.05, 4.69) is 9.97 Å². The molecule has 2 aliphatic rings. The molecule has 0 spiro atoms. The van der Waals surface area contributed by atoms with Crippen LogP contribution in [0.2, 0.25) is 0 Å². The predicted octanol–water partition coefficient (Wildman–Crippen LogP) is 3.18. The Morgan fingerprint density at radius 1 is 1.23 bits per heavy atom. The smallest absolute Gasteiger partial charge is 0.259 e. The molecule has 1 N–H and O–H groups in total. The highest BCUT2D eigenvalue weighted by Crippen LogP contribution is 2.34. The lowest BCUT2D eigenvalue weighted by atomic mass is 9.97. The summed E-state index contributed by atoms with van der Waals surface area (Å²) < 4.78 is 10.7. The molecule has 3 aromatic rings. The number of aryl methyl sites for hydroxylation is 3. The number of H-pyrrole nitrogens is 1. The number of carbonyl (C=O) groups excluding carboxylic acids is 1. The molecular weight excluding hydrogens is 402 g/mol. The van der Waals surface area contributed by atoms with Crippen LogP contribution in [0.1, 0.15) is 41.1 Å². The highest BCUT2D eigenvalue weighted by molar-refractivity contribution is 7.18. The Balaban J connectivity index is 1.25. The molecule has 30 heavy (non-hydrogen) atoms. The third-order valence-corrected chi connectivity index (χ3v) is 6.92. The summed E-state index contributed by atoms with van der Waals surface area (Å²) in [6, 6.07) is 5.70. The molecule has 0 saturated heterocycles. The van der Waals surface area contributed by atoms with Gasteiger partial charge in [0.25, 0.3) is 5.56 Å². The van der Waals surface area contributed by atoms with E-state index in [4.69, 9.17) is 9.47 Å². The molecule has 0 atom stereocenters. The molecule has 3 heterocycles. The van der Waals surface area contributed by atoms with Gasteiger partial charge in [-0.1, -0.05) is 6.07 Å². The molecule has 1 aliphatic carbocycles. The van der Waals surface area contributed by atoms with Crippen LogP contribution >= 0.6 is 11.3 Å². The fraction of sp³-hybridized carbons (Fsp3) is 0.409. The van der Waals surface area contributed by atoms with E-state index in [1.165, 1.54) is 16.9 Å². The average Bonchev–Trinajstić information content (AvgIpc) is 3.35. The van der Waals surface area contributed by atoms with Crippen molar-refractivity contribution < 1.29 is 14.3 Å². The minimum absolute atomic E-state index is 0.000821. The van der Waals surface area contributed by atoms with Crippen LogP contribution in [0.15, 0.2) is 23.0 Å². The lowest BCUT2D eigenvalue weighted by Crippen LogP contribution is -2.26. The second kappa shape index (κ2) is 7.75. The van der Waals surface area contributed by atoms with Crippen molar-refractivity contribution in [2.45, 2.75) is 45.1 Å². The minimum Gasteiger partial charge on any atom is -0.454 e. The van der Waals surface area contributed by atoms with Gasteiger partial charge in [0.05, 0.1) is 5.39 Å². The molecule has 1 amide bonds. The molecule has 8 heteroatoms. The molecular formula is C22H23N3O4S. The maximum absolute atomic E-state index is 12.6. The molecule has 7 nitrogen and oxygen atoms in total. The molecule has 156 valence electrons. The summed E-state index contributed by atoms with van der Waals surface area (Å²) in [6.45, 7) is 0.715. The summed E-state index contributed by atoms with van der Waals surface area (Å²) in [4.78, 5) is 36.6. The summed E-state index contributed by atoms with van der Waals surface area (Å²) in [7, 11) is 1.78. The van der Waals surface area contributed by atoms with Gasteiger partial charge in [0.1, 0.15) is 10.7 Å². The number of nitrogens with one attached hydrogen (secondary N) is 1. The van der Waals surface area contributed by atoms with E-state index in [-0.39, 0.29) is 18.3 Å². The molecule has 0 bridgehead atoms. The third kappa shape index (κ3) is 3.56. The van der Waals surface area contributed by atoms with Crippen molar-refractivity contribution in [1.29, 1.82) is 0 Å². The molecule has 5 rings (SSSR count). The second-order valence-electron chi connectivity index (χ2n) is 7.84. The van der Waals surface area contributed by atoms with Gasteiger partial charge in [-0.25, -0.2) is 4.98 Å². The monoisotopic (exact) mass is 425 g/mol. The number of rotatable bonds is 5. The first-order chi connectivity index (χ1) is 14.6. The standard InChI is InChI=1S/C22H23N3O4S/c1-25(11-13-6-7-15-16(10-13)29-12-28-15)19(26)9-8-18-23-21(27)20-14-4-2-3-5-17(14)30-22(20)24-18/h6-7,10H,2-5,8-9,11-12H2,1H3,(H,23,24,27). The maximum atomic E-state index is 12.6. The predicted molar refractivity (Wildman–Crippen MR) is 114 cm³/mol. The second-order valence-corrected chi connectivity index (χ2v) is 8.92. The van der Waals surface area contributed by atoms with Crippen molar-refractivity contribution in [1.82, 2.24) is 14.9 Å². The number of hydrogen-bond donors (Lipinski definition) is 1. The number of thiophene rings is 1. The van der Waals surface area contributed by atoms with Gasteiger partial charge in [0, 0.05) is 31.3 Å². The number of fused-ring (bicyclic) bond motifs is 4. The van der Waals surface area contributed by atoms with Gasteiger partial charge < -0.3 is 19.4 Å². The van der Waals surface area contributed by atoms with Gasteiger partial charge in [-0.2, -0.15) is 0 Å². The van der Waals surface area contributed by atoms with Crippen LogP contribution in [0.5, 0.6) is 11.5 Å². The number of nitrogens with zero attached hydrogens (tertiary/aromatic N) is 2. The SMILES string of the molecule is CN(Cc1ccc2c(c1)OCO2)C(=O)CCc1nc2sc3c(c2c(=O)[nH]1)CCCC3. The molecule has 0 saturated carbocycles. The van der Waals surface area contributed by atoms with Crippen LogP contribution in [0, 0.1) is 0 Å². The molecule has 1 aliphatic heterocycles. The lowest BCUT2D eigenvalue weighted by molar-refractivity contribution is -0.130. The molecule has 2 aromatic heterocycles. The Bertz CT molecular complexity index is 1180. The van der Waals surface area contributed by atoms with Gasteiger partial charge in [0.15, 0.2) is 11.5 Å². The summed E-state index contributed by atoms with van der Waals surface area (Å²) in [5, 5.41) is 0.754. The van der Waals surface area contributed by atoms with Crippen molar-refractivity contribution in [3.63, 3.8) is 0 Å². The van der Waals surface area contributed by atoms with E-state index < -0.39 is 0 Å². The maximum Gasteiger partial charge on any atom is 0.259 e. The van der Waals surface area contributed by atoms with Crippen molar-refractivity contribution in [2.24, 2.45) is 0 Å². The molecule has 0 fully saturated rings. The van der Waals surface area contributed by atoms with Crippen molar-refractivity contribution in [2.75, 3.05) is 13.8 Å². The van der Waals surface area contributed by atoms with Gasteiger partial charge in [-0.05, 0) is 48.9 Å². The number of amides is 1. The zero-order valence-electron chi connectivity index (χ0n) is 16.8. The first-order valence-electron chi connectivity index (χ1n) is 10.2. The Morgan fingerprint density at radius 3 is 2.97 bits per heavy atom. The van der Waals surface area contributed by atoms with Crippen LogP contribution in [-0.4, -0.2) is 34.6 Å². The summed E-state index contributed by atoms with van der Waals surface area (Å²) in [5.41, 5.74) is 2.09. The number of ether oxygens (including phenoxy) is 2. The molecule has 1 aromatic carbocycles. The fourth-order valence-corrected chi connectivity index (χ4v) is 5.43. The minimum atomic E-state index is -0.0736. The largest absolute Gasteiger partial charge is 0.454 e.